The van der Waals surface area contributed by atoms with Crippen molar-refractivity contribution in [1.82, 2.24) is 14.5 Å². The number of hydrogen-bond acceptors (Lipinski definition) is 7. The Balaban J connectivity index is 1.20. The van der Waals surface area contributed by atoms with Crippen LogP contribution in [0.1, 0.15) is 60.5 Å². The number of nitrogens with one attached hydrogen (secondary N) is 2. The Hall–Kier alpha value is -2.22. The van der Waals surface area contributed by atoms with Crippen LogP contribution in [0.4, 0.5) is 15.9 Å². The first-order chi connectivity index (χ1) is 18.3. The van der Waals surface area contributed by atoms with Gasteiger partial charge in [0.1, 0.15) is 27.0 Å². The quantitative estimate of drug-likeness (QED) is 0.441. The molecule has 1 aliphatic heterocycles. The van der Waals surface area contributed by atoms with Crippen LogP contribution < -0.4 is 15.8 Å². The van der Waals surface area contributed by atoms with E-state index in [1.807, 2.05) is 0 Å². The summed E-state index contributed by atoms with van der Waals surface area (Å²) < 4.78 is 66.6. The Morgan fingerprint density at radius 3 is 2.44 bits per heavy atom. The third-order valence-corrected chi connectivity index (χ3v) is 12.5. The number of fused-ring (bicyclic) bond motifs is 1. The molecule has 3 aliphatic rings. The SMILES string of the molecule is Cn1nc(C2CC3CC(CNS(=O)(=O)C4CCS(=O)(=O)CC4)CC3C2)c(C(=O)Nc2ccc(F)c(Cl)c2)c1N. The van der Waals surface area contributed by atoms with Crippen LogP contribution in [0.2, 0.25) is 5.02 Å². The van der Waals surface area contributed by atoms with E-state index >= 15 is 0 Å². The first kappa shape index (κ1) is 28.3. The Kier molecular flexibility index (Phi) is 7.72. The van der Waals surface area contributed by atoms with Gasteiger partial charge in [-0.3, -0.25) is 9.48 Å². The second-order valence-corrected chi connectivity index (χ2v) is 15.9. The summed E-state index contributed by atoms with van der Waals surface area (Å²) in [4.78, 5) is 13.2. The summed E-state index contributed by atoms with van der Waals surface area (Å²) in [5.74, 6) is 0.106. The van der Waals surface area contributed by atoms with Crippen molar-refractivity contribution in [2.45, 2.75) is 49.7 Å². The van der Waals surface area contributed by atoms with Gasteiger partial charge in [0.05, 0.1) is 27.5 Å². The van der Waals surface area contributed by atoms with Crippen LogP contribution in [0.5, 0.6) is 0 Å². The zero-order chi connectivity index (χ0) is 28.1. The van der Waals surface area contributed by atoms with Gasteiger partial charge in [-0.2, -0.15) is 5.10 Å². The molecule has 2 aliphatic carbocycles. The number of amides is 1. The summed E-state index contributed by atoms with van der Waals surface area (Å²) in [6.45, 7) is 0.355. The number of aryl methyl sites for hydroxylation is 1. The number of benzene rings is 1. The number of halogens is 2. The molecule has 39 heavy (non-hydrogen) atoms. The molecule has 2 atom stereocenters. The molecular formula is C25H33ClFN5O5S2. The molecule has 1 amide bonds. The summed E-state index contributed by atoms with van der Waals surface area (Å²) in [5, 5.41) is 6.56. The molecule has 3 fully saturated rings. The van der Waals surface area contributed by atoms with Crippen molar-refractivity contribution < 1.29 is 26.0 Å². The number of sulfone groups is 1. The summed E-state index contributed by atoms with van der Waals surface area (Å²) in [7, 11) is -5.00. The van der Waals surface area contributed by atoms with E-state index < -0.39 is 36.8 Å². The monoisotopic (exact) mass is 601 g/mol. The number of aromatic nitrogens is 2. The Morgan fingerprint density at radius 1 is 1.18 bits per heavy atom. The highest BCUT2D eigenvalue weighted by Crippen LogP contribution is 2.53. The second kappa shape index (κ2) is 10.6. The van der Waals surface area contributed by atoms with Crippen molar-refractivity contribution in [2.24, 2.45) is 24.8 Å². The molecule has 4 N–H and O–H groups in total. The van der Waals surface area contributed by atoms with E-state index in [9.17, 15) is 26.0 Å². The Morgan fingerprint density at radius 2 is 1.82 bits per heavy atom. The molecule has 14 heteroatoms. The smallest absolute Gasteiger partial charge is 0.261 e. The fourth-order valence-electron chi connectivity index (χ4n) is 6.51. The van der Waals surface area contributed by atoms with E-state index in [1.165, 1.54) is 22.9 Å². The van der Waals surface area contributed by atoms with E-state index in [1.54, 1.807) is 7.05 Å². The topological polar surface area (TPSA) is 153 Å². The molecule has 0 spiro atoms. The number of sulfonamides is 1. The van der Waals surface area contributed by atoms with Gasteiger partial charge in [-0.05, 0) is 74.5 Å². The van der Waals surface area contributed by atoms with Gasteiger partial charge in [0, 0.05) is 25.2 Å². The van der Waals surface area contributed by atoms with Crippen molar-refractivity contribution in [1.29, 1.82) is 0 Å². The third-order valence-electron chi connectivity index (χ3n) is 8.54. The van der Waals surface area contributed by atoms with Crippen LogP contribution in [-0.2, 0) is 26.9 Å². The number of anilines is 2. The molecule has 5 rings (SSSR count). The average Bonchev–Trinajstić information content (AvgIpc) is 3.51. The standard InChI is InChI=1S/C25H33ClFN5O5S2/c1-32-24(28)22(25(33)30-18-2-3-21(27)20(26)12-18)23(31-32)17-10-15-8-14(9-16(15)11-17)13-29-39(36,37)19-4-6-38(34,35)7-5-19/h2-3,12,14-17,19,29H,4-11,13,28H2,1H3,(H,30,33). The van der Waals surface area contributed by atoms with Crippen molar-refractivity contribution in [3.05, 3.63) is 40.3 Å². The van der Waals surface area contributed by atoms with Crippen molar-refractivity contribution in [3.63, 3.8) is 0 Å². The maximum atomic E-state index is 13.5. The lowest BCUT2D eigenvalue weighted by molar-refractivity contribution is 0.102. The van der Waals surface area contributed by atoms with E-state index in [2.05, 4.69) is 15.1 Å². The molecule has 2 saturated carbocycles. The lowest BCUT2D eigenvalue weighted by atomic mass is 9.93. The van der Waals surface area contributed by atoms with Gasteiger partial charge in [0.25, 0.3) is 5.91 Å². The largest absolute Gasteiger partial charge is 0.383 e. The molecule has 10 nitrogen and oxygen atoms in total. The predicted molar refractivity (Wildman–Crippen MR) is 147 cm³/mol. The van der Waals surface area contributed by atoms with Crippen LogP contribution in [0.25, 0.3) is 0 Å². The molecule has 214 valence electrons. The van der Waals surface area contributed by atoms with Crippen LogP contribution in [-0.4, -0.2) is 55.8 Å². The number of carbonyl (C=O) groups excluding carboxylic acids is 1. The van der Waals surface area contributed by atoms with Crippen molar-refractivity contribution in [2.75, 3.05) is 29.1 Å². The highest BCUT2D eigenvalue weighted by atomic mass is 35.5. The minimum absolute atomic E-state index is 0.0443. The van der Waals surface area contributed by atoms with Gasteiger partial charge < -0.3 is 11.1 Å². The third kappa shape index (κ3) is 5.96. The van der Waals surface area contributed by atoms with Gasteiger partial charge in [-0.25, -0.2) is 25.9 Å². The molecule has 2 aromatic rings. The molecular weight excluding hydrogens is 569 g/mol. The molecule has 1 aromatic carbocycles. The zero-order valence-electron chi connectivity index (χ0n) is 21.6. The normalized spacial score (nSPS) is 26.9. The number of nitrogen functional groups attached to an aromatic ring is 1. The Labute approximate surface area is 232 Å². The van der Waals surface area contributed by atoms with Crippen molar-refractivity contribution in [3.8, 4) is 0 Å². The summed E-state index contributed by atoms with van der Waals surface area (Å²) in [6.07, 6.45) is 3.70. The van der Waals surface area contributed by atoms with Gasteiger partial charge in [-0.15, -0.1) is 0 Å². The summed E-state index contributed by atoms with van der Waals surface area (Å²) >= 11 is 5.85. The lowest BCUT2D eigenvalue weighted by Gasteiger charge is -2.23. The molecule has 0 radical (unpaired) electrons. The lowest BCUT2D eigenvalue weighted by Crippen LogP contribution is -2.41. The maximum absolute atomic E-state index is 13.5. The zero-order valence-corrected chi connectivity index (χ0v) is 24.0. The number of hydrogen-bond donors (Lipinski definition) is 3. The fraction of sp³-hybridized carbons (Fsp3) is 0.600. The van der Waals surface area contributed by atoms with Crippen molar-refractivity contribution >= 4 is 48.9 Å². The average molecular weight is 602 g/mol. The van der Waals surface area contributed by atoms with Crippen LogP contribution in [0.15, 0.2) is 18.2 Å². The van der Waals surface area contributed by atoms with E-state index in [4.69, 9.17) is 17.3 Å². The van der Waals surface area contributed by atoms with Crippen LogP contribution >= 0.6 is 11.6 Å². The van der Waals surface area contributed by atoms with Crippen LogP contribution in [0, 0.1) is 23.6 Å². The van der Waals surface area contributed by atoms with Gasteiger partial charge in [0.15, 0.2) is 0 Å². The van der Waals surface area contributed by atoms with Gasteiger partial charge in [0.2, 0.25) is 10.0 Å². The molecule has 1 saturated heterocycles. The van der Waals surface area contributed by atoms with Gasteiger partial charge >= 0.3 is 0 Å². The number of nitrogens with zero attached hydrogens (tertiary/aromatic N) is 2. The first-order valence-corrected chi connectivity index (χ1v) is 16.8. The highest BCUT2D eigenvalue weighted by Gasteiger charge is 2.44. The van der Waals surface area contributed by atoms with E-state index in [0.717, 1.165) is 25.7 Å². The first-order valence-electron chi connectivity index (χ1n) is 13.1. The van der Waals surface area contributed by atoms with Gasteiger partial charge in [-0.1, -0.05) is 11.6 Å². The molecule has 0 bridgehead atoms. The highest BCUT2D eigenvalue weighted by molar-refractivity contribution is 7.92. The molecule has 2 heterocycles. The summed E-state index contributed by atoms with van der Waals surface area (Å²) in [6, 6.07) is 3.95. The molecule has 2 unspecified atom stereocenters. The second-order valence-electron chi connectivity index (χ2n) is 11.1. The van der Waals surface area contributed by atoms with Crippen LogP contribution in [0.3, 0.4) is 0 Å². The number of nitrogens with two attached hydrogens (primary N) is 1. The number of carbonyl (C=O) groups is 1. The van der Waals surface area contributed by atoms with E-state index in [0.29, 0.717) is 35.3 Å². The van der Waals surface area contributed by atoms with E-state index in [-0.39, 0.29) is 47.0 Å². The minimum Gasteiger partial charge on any atom is -0.383 e. The maximum Gasteiger partial charge on any atom is 0.261 e. The Bertz CT molecular complexity index is 1470. The predicted octanol–water partition coefficient (Wildman–Crippen LogP) is 3.06. The fourth-order valence-corrected chi connectivity index (χ4v) is 10.0. The summed E-state index contributed by atoms with van der Waals surface area (Å²) in [5.41, 5.74) is 7.53. The minimum atomic E-state index is -3.56. The number of rotatable bonds is 7. The molecule has 1 aromatic heterocycles.